The fourth-order valence-electron chi connectivity index (χ4n) is 1.89. The minimum Gasteiger partial charge on any atom is -0.392 e. The predicted octanol–water partition coefficient (Wildman–Crippen LogP) is 2.57. The lowest BCUT2D eigenvalue weighted by Gasteiger charge is -2.14. The summed E-state index contributed by atoms with van der Waals surface area (Å²) in [4.78, 5) is -0.656. The highest BCUT2D eigenvalue weighted by molar-refractivity contribution is 7.92. The number of nitrogens with one attached hydrogen (secondary N) is 1. The van der Waals surface area contributed by atoms with Gasteiger partial charge in [-0.05, 0) is 24.6 Å². The van der Waals surface area contributed by atoms with Gasteiger partial charge in [0.15, 0.2) is 0 Å². The number of hydrogen-bond donors (Lipinski definition) is 2. The summed E-state index contributed by atoms with van der Waals surface area (Å²) in [5.74, 6) is -2.04. The molecule has 2 aromatic rings. The number of hydrogen-bond acceptors (Lipinski definition) is 3. The van der Waals surface area contributed by atoms with Crippen LogP contribution in [0.25, 0.3) is 0 Å². The van der Waals surface area contributed by atoms with Crippen LogP contribution < -0.4 is 4.72 Å². The molecule has 0 spiro atoms. The molecule has 21 heavy (non-hydrogen) atoms. The number of aryl methyl sites for hydroxylation is 1. The van der Waals surface area contributed by atoms with Crippen LogP contribution >= 0.6 is 0 Å². The van der Waals surface area contributed by atoms with Crippen LogP contribution in [0, 0.1) is 18.6 Å². The summed E-state index contributed by atoms with van der Waals surface area (Å²) < 4.78 is 53.1. The van der Waals surface area contributed by atoms with E-state index in [1.54, 1.807) is 25.1 Å². The molecule has 0 aliphatic heterocycles. The van der Waals surface area contributed by atoms with Crippen LogP contribution in [0.2, 0.25) is 0 Å². The lowest BCUT2D eigenvalue weighted by molar-refractivity contribution is 0.282. The zero-order valence-electron chi connectivity index (χ0n) is 11.1. The summed E-state index contributed by atoms with van der Waals surface area (Å²) in [5.41, 5.74) is 1.12. The van der Waals surface area contributed by atoms with Crippen molar-refractivity contribution in [3.63, 3.8) is 0 Å². The smallest absolute Gasteiger partial charge is 0.264 e. The van der Waals surface area contributed by atoms with Gasteiger partial charge in [0.1, 0.15) is 16.5 Å². The van der Waals surface area contributed by atoms with E-state index in [9.17, 15) is 22.3 Å². The van der Waals surface area contributed by atoms with Gasteiger partial charge in [0, 0.05) is 11.6 Å². The maximum Gasteiger partial charge on any atom is 0.264 e. The SMILES string of the molecule is Cc1cccc(CO)c1NS(=O)(=O)c1ccc(F)cc1F. The first-order valence-corrected chi connectivity index (χ1v) is 7.50. The Bertz CT molecular complexity index is 776. The molecule has 4 nitrogen and oxygen atoms in total. The fourth-order valence-corrected chi connectivity index (χ4v) is 3.12. The second-order valence-electron chi connectivity index (χ2n) is 4.45. The molecule has 0 saturated carbocycles. The fraction of sp³-hybridized carbons (Fsp3) is 0.143. The molecule has 2 aromatic carbocycles. The molecule has 0 heterocycles. The monoisotopic (exact) mass is 313 g/mol. The minimum atomic E-state index is -4.22. The molecule has 2 N–H and O–H groups in total. The summed E-state index contributed by atoms with van der Waals surface area (Å²) in [6.07, 6.45) is 0. The van der Waals surface area contributed by atoms with Crippen LogP contribution in [0.5, 0.6) is 0 Å². The van der Waals surface area contributed by atoms with Gasteiger partial charge in [-0.25, -0.2) is 17.2 Å². The van der Waals surface area contributed by atoms with Crippen molar-refractivity contribution in [3.05, 3.63) is 59.2 Å². The van der Waals surface area contributed by atoms with Crippen LogP contribution in [-0.2, 0) is 16.6 Å². The van der Waals surface area contributed by atoms with Gasteiger partial charge < -0.3 is 5.11 Å². The molecule has 0 radical (unpaired) electrons. The summed E-state index contributed by atoms with van der Waals surface area (Å²) in [6.45, 7) is 1.28. The normalized spacial score (nSPS) is 11.4. The van der Waals surface area contributed by atoms with Gasteiger partial charge in [-0.2, -0.15) is 0 Å². The van der Waals surface area contributed by atoms with Gasteiger partial charge in [0.2, 0.25) is 0 Å². The summed E-state index contributed by atoms with van der Waals surface area (Å²) in [5, 5.41) is 9.24. The van der Waals surface area contributed by atoms with E-state index in [1.807, 2.05) is 0 Å². The van der Waals surface area contributed by atoms with E-state index in [-0.39, 0.29) is 12.3 Å². The average Bonchev–Trinajstić information content (AvgIpc) is 2.40. The van der Waals surface area contributed by atoms with Gasteiger partial charge in [-0.1, -0.05) is 18.2 Å². The molecule has 0 fully saturated rings. The lowest BCUT2D eigenvalue weighted by atomic mass is 10.1. The first kappa shape index (κ1) is 15.4. The first-order valence-electron chi connectivity index (χ1n) is 6.02. The average molecular weight is 313 g/mol. The Morgan fingerprint density at radius 2 is 1.90 bits per heavy atom. The van der Waals surface area contributed by atoms with Crippen molar-refractivity contribution in [3.8, 4) is 0 Å². The van der Waals surface area contributed by atoms with Gasteiger partial charge in [-0.15, -0.1) is 0 Å². The van der Waals surface area contributed by atoms with Crippen LogP contribution in [0.15, 0.2) is 41.3 Å². The third-order valence-electron chi connectivity index (χ3n) is 2.95. The van der Waals surface area contributed by atoms with E-state index in [2.05, 4.69) is 4.72 Å². The molecule has 0 aromatic heterocycles. The molecule has 2 rings (SSSR count). The number of rotatable bonds is 4. The summed E-state index contributed by atoms with van der Waals surface area (Å²) in [7, 11) is -4.22. The van der Waals surface area contributed by atoms with Gasteiger partial charge in [-0.3, -0.25) is 4.72 Å². The second kappa shape index (κ2) is 5.79. The third-order valence-corrected chi connectivity index (χ3v) is 4.33. The van der Waals surface area contributed by atoms with E-state index in [4.69, 9.17) is 0 Å². The van der Waals surface area contributed by atoms with Crippen molar-refractivity contribution in [2.45, 2.75) is 18.4 Å². The Morgan fingerprint density at radius 3 is 2.52 bits per heavy atom. The van der Waals surface area contributed by atoms with Crippen LogP contribution in [0.4, 0.5) is 14.5 Å². The molecule has 7 heteroatoms. The summed E-state index contributed by atoms with van der Waals surface area (Å²) in [6, 6.07) is 7.08. The molecular weight excluding hydrogens is 300 g/mol. The summed E-state index contributed by atoms with van der Waals surface area (Å²) >= 11 is 0. The Hall–Kier alpha value is -1.99. The van der Waals surface area contributed by atoms with Crippen LogP contribution in [-0.4, -0.2) is 13.5 Å². The molecule has 0 aliphatic rings. The number of aliphatic hydroxyl groups excluding tert-OH is 1. The molecule has 0 amide bonds. The molecule has 0 unspecified atom stereocenters. The van der Waals surface area contributed by atoms with E-state index in [0.717, 1.165) is 12.1 Å². The number of benzene rings is 2. The Morgan fingerprint density at radius 1 is 1.19 bits per heavy atom. The largest absolute Gasteiger partial charge is 0.392 e. The van der Waals surface area contributed by atoms with Crippen molar-refractivity contribution >= 4 is 15.7 Å². The molecule has 0 bridgehead atoms. The number of aliphatic hydroxyl groups is 1. The maximum absolute atomic E-state index is 13.6. The number of halogens is 2. The predicted molar refractivity (Wildman–Crippen MR) is 74.3 cm³/mol. The quantitative estimate of drug-likeness (QED) is 0.911. The lowest BCUT2D eigenvalue weighted by Crippen LogP contribution is -2.16. The standard InChI is InChI=1S/C14H13F2NO3S/c1-9-3-2-4-10(8-18)14(9)17-21(19,20)13-6-5-11(15)7-12(13)16/h2-7,17-18H,8H2,1H3. The Balaban J connectivity index is 2.47. The van der Waals surface area contributed by atoms with Gasteiger partial charge in [0.25, 0.3) is 10.0 Å². The third kappa shape index (κ3) is 3.20. The molecule has 112 valence electrons. The van der Waals surface area contributed by atoms with Gasteiger partial charge in [0.05, 0.1) is 12.3 Å². The van der Waals surface area contributed by atoms with Crippen molar-refractivity contribution in [2.75, 3.05) is 4.72 Å². The van der Waals surface area contributed by atoms with E-state index in [0.29, 0.717) is 17.2 Å². The van der Waals surface area contributed by atoms with Crippen LogP contribution in [0.3, 0.4) is 0 Å². The molecule has 0 saturated heterocycles. The molecule has 0 aliphatic carbocycles. The highest BCUT2D eigenvalue weighted by Crippen LogP contribution is 2.25. The van der Waals surface area contributed by atoms with E-state index >= 15 is 0 Å². The second-order valence-corrected chi connectivity index (χ2v) is 6.10. The molecule has 0 atom stereocenters. The maximum atomic E-state index is 13.6. The van der Waals surface area contributed by atoms with Crippen molar-refractivity contribution in [1.29, 1.82) is 0 Å². The van der Waals surface area contributed by atoms with Crippen molar-refractivity contribution < 1.29 is 22.3 Å². The number of anilines is 1. The van der Waals surface area contributed by atoms with Crippen molar-refractivity contribution in [1.82, 2.24) is 0 Å². The van der Waals surface area contributed by atoms with E-state index in [1.165, 1.54) is 0 Å². The Kier molecular flexibility index (Phi) is 4.24. The zero-order valence-corrected chi connectivity index (χ0v) is 11.9. The number of para-hydroxylation sites is 1. The topological polar surface area (TPSA) is 66.4 Å². The highest BCUT2D eigenvalue weighted by Gasteiger charge is 2.21. The van der Waals surface area contributed by atoms with E-state index < -0.39 is 26.6 Å². The first-order chi connectivity index (χ1) is 9.85. The van der Waals surface area contributed by atoms with Gasteiger partial charge >= 0.3 is 0 Å². The van der Waals surface area contributed by atoms with Crippen LogP contribution in [0.1, 0.15) is 11.1 Å². The van der Waals surface area contributed by atoms with Crippen molar-refractivity contribution in [2.24, 2.45) is 0 Å². The Labute approximate surface area is 121 Å². The minimum absolute atomic E-state index is 0.184. The molecular formula is C14H13F2NO3S. The highest BCUT2D eigenvalue weighted by atomic mass is 32.2. The zero-order chi connectivity index (χ0) is 15.6. The number of sulfonamides is 1.